The Balaban J connectivity index is 1.90. The van der Waals surface area contributed by atoms with E-state index in [-0.39, 0.29) is 23.7 Å². The third-order valence-electron chi connectivity index (χ3n) is 4.55. The minimum atomic E-state index is -0.336. The molecule has 0 aliphatic carbocycles. The molecule has 1 heterocycles. The second-order valence-corrected chi connectivity index (χ2v) is 7.02. The molecule has 2 aromatic carbocycles. The zero-order valence-electron chi connectivity index (χ0n) is 14.0. The van der Waals surface area contributed by atoms with Gasteiger partial charge < -0.3 is 0 Å². The molecular weight excluding hydrogens is 322 g/mol. The number of aryl methyl sites for hydroxylation is 2. The van der Waals surface area contributed by atoms with E-state index in [9.17, 15) is 9.59 Å². The van der Waals surface area contributed by atoms with Gasteiger partial charge in [-0.05, 0) is 44.0 Å². The van der Waals surface area contributed by atoms with E-state index in [4.69, 9.17) is 11.6 Å². The van der Waals surface area contributed by atoms with Crippen LogP contribution in [0.3, 0.4) is 0 Å². The zero-order valence-corrected chi connectivity index (χ0v) is 14.8. The highest BCUT2D eigenvalue weighted by molar-refractivity contribution is 6.31. The van der Waals surface area contributed by atoms with Gasteiger partial charge in [0.1, 0.15) is 0 Å². The van der Waals surface area contributed by atoms with Crippen LogP contribution in [-0.4, -0.2) is 11.8 Å². The second-order valence-electron chi connectivity index (χ2n) is 6.59. The highest BCUT2D eigenvalue weighted by Crippen LogP contribution is 2.34. The van der Waals surface area contributed by atoms with Gasteiger partial charge in [-0.1, -0.05) is 53.9 Å². The van der Waals surface area contributed by atoms with Crippen LogP contribution < -0.4 is 4.90 Å². The fraction of sp³-hybridized carbons (Fsp3) is 0.300. The quantitative estimate of drug-likeness (QED) is 0.779. The van der Waals surface area contributed by atoms with E-state index in [0.29, 0.717) is 17.1 Å². The van der Waals surface area contributed by atoms with Crippen molar-refractivity contribution in [3.8, 4) is 0 Å². The van der Waals surface area contributed by atoms with Crippen molar-refractivity contribution in [2.75, 3.05) is 4.90 Å². The molecule has 2 aromatic rings. The third kappa shape index (κ3) is 3.09. The number of carbonyl (C=O) groups is 2. The summed E-state index contributed by atoms with van der Waals surface area (Å²) in [6, 6.07) is 13.1. The second kappa shape index (κ2) is 6.40. The predicted molar refractivity (Wildman–Crippen MR) is 96.2 cm³/mol. The maximum absolute atomic E-state index is 12.9. The van der Waals surface area contributed by atoms with Crippen molar-refractivity contribution < 1.29 is 9.59 Å². The number of rotatable bonds is 3. The summed E-state index contributed by atoms with van der Waals surface area (Å²) < 4.78 is 0. The smallest absolute Gasteiger partial charge is 0.238 e. The van der Waals surface area contributed by atoms with Gasteiger partial charge in [0.15, 0.2) is 0 Å². The SMILES string of the molecule is Cc1cc(C)cc(C[C@@H]2C(=O)N(c3cccc(Cl)c3)C(=O)[C@@H]2C)c1. The molecule has 1 saturated heterocycles. The number of nitrogens with zero attached hydrogens (tertiary/aromatic N) is 1. The van der Waals surface area contributed by atoms with Crippen LogP contribution in [0, 0.1) is 25.7 Å². The van der Waals surface area contributed by atoms with E-state index in [0.717, 1.165) is 5.56 Å². The first-order chi connectivity index (χ1) is 11.4. The van der Waals surface area contributed by atoms with Crippen LogP contribution >= 0.6 is 11.6 Å². The summed E-state index contributed by atoms with van der Waals surface area (Å²) in [7, 11) is 0. The van der Waals surface area contributed by atoms with Crippen LogP contribution in [0.2, 0.25) is 5.02 Å². The van der Waals surface area contributed by atoms with Crippen LogP contribution in [0.25, 0.3) is 0 Å². The Morgan fingerprint density at radius 3 is 2.29 bits per heavy atom. The molecule has 24 heavy (non-hydrogen) atoms. The molecule has 0 bridgehead atoms. The van der Waals surface area contributed by atoms with Crippen molar-refractivity contribution in [2.45, 2.75) is 27.2 Å². The molecule has 2 atom stereocenters. The number of benzene rings is 2. The maximum atomic E-state index is 12.9. The third-order valence-corrected chi connectivity index (χ3v) is 4.79. The average Bonchev–Trinajstić information content (AvgIpc) is 2.70. The molecule has 0 saturated carbocycles. The van der Waals surface area contributed by atoms with Gasteiger partial charge >= 0.3 is 0 Å². The topological polar surface area (TPSA) is 37.4 Å². The molecule has 0 aromatic heterocycles. The molecule has 1 fully saturated rings. The predicted octanol–water partition coefficient (Wildman–Crippen LogP) is 4.33. The first kappa shape index (κ1) is 16.7. The van der Waals surface area contributed by atoms with E-state index < -0.39 is 0 Å². The molecule has 1 aliphatic rings. The van der Waals surface area contributed by atoms with Gasteiger partial charge in [0.2, 0.25) is 11.8 Å². The van der Waals surface area contributed by atoms with E-state index in [2.05, 4.69) is 18.2 Å². The van der Waals surface area contributed by atoms with Crippen molar-refractivity contribution in [1.82, 2.24) is 0 Å². The van der Waals surface area contributed by atoms with Crippen LogP contribution in [0.5, 0.6) is 0 Å². The lowest BCUT2D eigenvalue weighted by atomic mass is 9.89. The number of imide groups is 1. The molecular formula is C20H20ClNO2. The van der Waals surface area contributed by atoms with Crippen LogP contribution in [-0.2, 0) is 16.0 Å². The van der Waals surface area contributed by atoms with Crippen molar-refractivity contribution in [3.05, 3.63) is 64.2 Å². The Morgan fingerprint density at radius 2 is 1.67 bits per heavy atom. The molecule has 4 heteroatoms. The van der Waals surface area contributed by atoms with Crippen molar-refractivity contribution in [1.29, 1.82) is 0 Å². The van der Waals surface area contributed by atoms with E-state index >= 15 is 0 Å². The van der Waals surface area contributed by atoms with Crippen molar-refractivity contribution in [2.24, 2.45) is 11.8 Å². The van der Waals surface area contributed by atoms with Crippen molar-refractivity contribution >= 4 is 29.1 Å². The summed E-state index contributed by atoms with van der Waals surface area (Å²) in [5.41, 5.74) is 3.98. The highest BCUT2D eigenvalue weighted by Gasteiger charge is 2.45. The Kier molecular flexibility index (Phi) is 4.46. The number of hydrogen-bond donors (Lipinski definition) is 0. The average molecular weight is 342 g/mol. The number of amides is 2. The lowest BCUT2D eigenvalue weighted by Gasteiger charge is -2.15. The normalized spacial score (nSPS) is 20.8. The van der Waals surface area contributed by atoms with Crippen molar-refractivity contribution in [3.63, 3.8) is 0 Å². The molecule has 0 spiro atoms. The van der Waals surface area contributed by atoms with Gasteiger partial charge in [-0.25, -0.2) is 0 Å². The van der Waals surface area contributed by atoms with Gasteiger partial charge in [0, 0.05) is 10.9 Å². The Hall–Kier alpha value is -2.13. The fourth-order valence-electron chi connectivity index (χ4n) is 3.44. The number of hydrogen-bond acceptors (Lipinski definition) is 2. The van der Waals surface area contributed by atoms with E-state index in [1.165, 1.54) is 16.0 Å². The molecule has 0 unspecified atom stereocenters. The zero-order chi connectivity index (χ0) is 17.4. The molecule has 124 valence electrons. The standard InChI is InChI=1S/C20H20ClNO2/c1-12-7-13(2)9-15(8-12)10-18-14(3)19(23)22(20(18)24)17-6-4-5-16(21)11-17/h4-9,11,14,18H,10H2,1-3H3/t14-,18+/m1/s1. The summed E-state index contributed by atoms with van der Waals surface area (Å²) in [6.07, 6.45) is 0.575. The Morgan fingerprint density at radius 1 is 1.00 bits per heavy atom. The molecule has 0 N–H and O–H groups in total. The largest absolute Gasteiger partial charge is 0.274 e. The fourth-order valence-corrected chi connectivity index (χ4v) is 3.62. The van der Waals surface area contributed by atoms with Crippen LogP contribution in [0.1, 0.15) is 23.6 Å². The van der Waals surface area contributed by atoms with E-state index in [1.54, 1.807) is 24.3 Å². The molecule has 3 rings (SSSR count). The minimum absolute atomic E-state index is 0.145. The Bertz CT molecular complexity index is 795. The summed E-state index contributed by atoms with van der Waals surface area (Å²) in [4.78, 5) is 26.8. The summed E-state index contributed by atoms with van der Waals surface area (Å²) in [5, 5.41) is 0.513. The lowest BCUT2D eigenvalue weighted by molar-refractivity contribution is -0.122. The van der Waals surface area contributed by atoms with Crippen LogP contribution in [0.15, 0.2) is 42.5 Å². The Labute approximate surface area is 147 Å². The summed E-state index contributed by atoms with van der Waals surface area (Å²) in [6.45, 7) is 5.91. The first-order valence-electron chi connectivity index (χ1n) is 8.07. The molecule has 1 aliphatic heterocycles. The molecule has 0 radical (unpaired) electrons. The van der Waals surface area contributed by atoms with Gasteiger partial charge in [-0.15, -0.1) is 0 Å². The minimum Gasteiger partial charge on any atom is -0.274 e. The number of anilines is 1. The summed E-state index contributed by atoms with van der Waals surface area (Å²) in [5.74, 6) is -0.972. The van der Waals surface area contributed by atoms with Gasteiger partial charge in [0.05, 0.1) is 11.6 Å². The van der Waals surface area contributed by atoms with E-state index in [1.807, 2.05) is 20.8 Å². The maximum Gasteiger partial charge on any atom is 0.238 e. The number of halogens is 1. The van der Waals surface area contributed by atoms with Gasteiger partial charge in [0.25, 0.3) is 0 Å². The van der Waals surface area contributed by atoms with Gasteiger partial charge in [-0.2, -0.15) is 0 Å². The molecule has 2 amide bonds. The van der Waals surface area contributed by atoms with Gasteiger partial charge in [-0.3, -0.25) is 14.5 Å². The number of carbonyl (C=O) groups excluding carboxylic acids is 2. The monoisotopic (exact) mass is 341 g/mol. The first-order valence-corrected chi connectivity index (χ1v) is 8.45. The molecule has 3 nitrogen and oxygen atoms in total. The summed E-state index contributed by atoms with van der Waals surface area (Å²) >= 11 is 6.01. The highest BCUT2D eigenvalue weighted by atomic mass is 35.5. The van der Waals surface area contributed by atoms with Crippen LogP contribution in [0.4, 0.5) is 5.69 Å². The lowest BCUT2D eigenvalue weighted by Crippen LogP contribution is -2.31.